The minimum Gasteiger partial charge on any atom is -0.354 e. The van der Waals surface area contributed by atoms with E-state index in [0.717, 1.165) is 24.7 Å². The molecule has 2 rings (SSSR count). The van der Waals surface area contributed by atoms with Gasteiger partial charge in [0.05, 0.1) is 0 Å². The van der Waals surface area contributed by atoms with Gasteiger partial charge in [0, 0.05) is 25.2 Å². The topological polar surface area (TPSA) is 18.8 Å². The highest BCUT2D eigenvalue weighted by Gasteiger charge is 2.33. The van der Waals surface area contributed by atoms with Crippen molar-refractivity contribution in [2.45, 2.75) is 19.9 Å². The number of halogens is 1. The fraction of sp³-hybridized carbons (Fsp3) is 0.500. The van der Waals surface area contributed by atoms with E-state index in [2.05, 4.69) is 35.2 Å². The summed E-state index contributed by atoms with van der Waals surface area (Å²) in [4.78, 5) is 8.56. The molecule has 14 heavy (non-hydrogen) atoms. The lowest BCUT2D eigenvalue weighted by Crippen LogP contribution is -2.27. The number of hydrogen-bond acceptors (Lipinski definition) is 3. The van der Waals surface area contributed by atoms with Gasteiger partial charge in [0.15, 0.2) is 0 Å². The summed E-state index contributed by atoms with van der Waals surface area (Å²) < 4.78 is 0. The molecule has 0 aromatic heterocycles. The number of fused-ring (bicyclic) bond motifs is 1. The van der Waals surface area contributed by atoms with Crippen molar-refractivity contribution in [3.8, 4) is 0 Å². The van der Waals surface area contributed by atoms with Gasteiger partial charge in [-0.25, -0.2) is 4.99 Å². The zero-order valence-corrected chi connectivity index (χ0v) is 9.25. The summed E-state index contributed by atoms with van der Waals surface area (Å²) in [5.74, 6) is 1.88. The second-order valence-corrected chi connectivity index (χ2v) is 3.99. The van der Waals surface area contributed by atoms with Gasteiger partial charge >= 0.3 is 0 Å². The Bertz CT molecular complexity index is 332. The first kappa shape index (κ1) is 9.59. The van der Waals surface area contributed by atoms with Crippen LogP contribution in [0.1, 0.15) is 13.8 Å². The molecule has 4 heteroatoms. The van der Waals surface area contributed by atoms with Gasteiger partial charge in [-0.05, 0) is 13.8 Å². The maximum Gasteiger partial charge on any atom is 0.135 e. The summed E-state index contributed by atoms with van der Waals surface area (Å²) in [6.45, 7) is 10.2. The average Bonchev–Trinajstić information content (AvgIpc) is 2.41. The highest BCUT2D eigenvalue weighted by molar-refractivity contribution is 6.68. The van der Waals surface area contributed by atoms with E-state index in [9.17, 15) is 0 Å². The second kappa shape index (κ2) is 3.31. The Morgan fingerprint density at radius 1 is 1.71 bits per heavy atom. The Morgan fingerprint density at radius 2 is 2.43 bits per heavy atom. The summed E-state index contributed by atoms with van der Waals surface area (Å²) in [5, 5.41) is 0.522. The zero-order chi connectivity index (χ0) is 10.3. The number of likely N-dealkylation sites (N-methyl/N-ethyl adjacent to an activating group) is 1. The van der Waals surface area contributed by atoms with Gasteiger partial charge in [0.1, 0.15) is 16.8 Å². The van der Waals surface area contributed by atoms with Gasteiger partial charge in [-0.1, -0.05) is 18.2 Å². The first-order chi connectivity index (χ1) is 6.63. The Labute approximate surface area is 89.4 Å². The van der Waals surface area contributed by atoms with Crippen LogP contribution >= 0.6 is 11.6 Å². The molecule has 0 bridgehead atoms. The quantitative estimate of drug-likeness (QED) is 0.661. The van der Waals surface area contributed by atoms with Crippen molar-refractivity contribution in [1.82, 2.24) is 9.80 Å². The molecule has 0 N–H and O–H groups in total. The highest BCUT2D eigenvalue weighted by Crippen LogP contribution is 2.30. The van der Waals surface area contributed by atoms with Crippen molar-refractivity contribution < 1.29 is 0 Å². The van der Waals surface area contributed by atoms with Crippen LogP contribution in [-0.2, 0) is 0 Å². The SMILES string of the molecule is C=C1N=C(Cl)C=C2N1C[C@H](C)N2CC. The first-order valence-corrected chi connectivity index (χ1v) is 5.20. The molecular formula is C10H14ClN3. The second-order valence-electron chi connectivity index (χ2n) is 3.60. The van der Waals surface area contributed by atoms with Crippen molar-refractivity contribution in [3.63, 3.8) is 0 Å². The van der Waals surface area contributed by atoms with E-state index in [1.54, 1.807) is 0 Å². The molecule has 2 aliphatic heterocycles. The summed E-state index contributed by atoms with van der Waals surface area (Å²) in [7, 11) is 0. The summed E-state index contributed by atoms with van der Waals surface area (Å²) in [6.07, 6.45) is 1.91. The molecule has 0 aromatic rings. The van der Waals surface area contributed by atoms with Crippen molar-refractivity contribution in [3.05, 3.63) is 24.3 Å². The fourth-order valence-corrected chi connectivity index (χ4v) is 2.23. The van der Waals surface area contributed by atoms with E-state index in [1.807, 2.05) is 6.08 Å². The maximum absolute atomic E-state index is 5.91. The van der Waals surface area contributed by atoms with Gasteiger partial charge in [-0.3, -0.25) is 0 Å². The first-order valence-electron chi connectivity index (χ1n) is 4.82. The number of hydrogen-bond donors (Lipinski definition) is 0. The van der Waals surface area contributed by atoms with Gasteiger partial charge in [-0.15, -0.1) is 0 Å². The lowest BCUT2D eigenvalue weighted by atomic mass is 10.3. The molecule has 0 spiro atoms. The third-order valence-corrected chi connectivity index (χ3v) is 2.88. The molecule has 1 atom stereocenters. The monoisotopic (exact) mass is 211 g/mol. The van der Waals surface area contributed by atoms with Crippen LogP contribution in [0, 0.1) is 0 Å². The van der Waals surface area contributed by atoms with Crippen molar-refractivity contribution in [2.24, 2.45) is 4.99 Å². The molecule has 0 aliphatic carbocycles. The number of aliphatic imine (C=N–C) groups is 1. The van der Waals surface area contributed by atoms with E-state index in [1.165, 1.54) is 0 Å². The molecule has 1 fully saturated rings. The average molecular weight is 212 g/mol. The van der Waals surface area contributed by atoms with E-state index >= 15 is 0 Å². The zero-order valence-electron chi connectivity index (χ0n) is 8.50. The lowest BCUT2D eigenvalue weighted by molar-refractivity contribution is 0.330. The Balaban J connectivity index is 2.36. The molecule has 0 radical (unpaired) electrons. The number of nitrogens with zero attached hydrogens (tertiary/aromatic N) is 3. The van der Waals surface area contributed by atoms with E-state index in [-0.39, 0.29) is 0 Å². The summed E-state index contributed by atoms with van der Waals surface area (Å²) in [5.41, 5.74) is 0. The van der Waals surface area contributed by atoms with Gasteiger partial charge in [0.2, 0.25) is 0 Å². The van der Waals surface area contributed by atoms with Crippen LogP contribution < -0.4 is 0 Å². The number of rotatable bonds is 1. The Kier molecular flexibility index (Phi) is 2.27. The Hall–Kier alpha value is -0.960. The molecule has 0 aromatic carbocycles. The van der Waals surface area contributed by atoms with E-state index in [0.29, 0.717) is 11.2 Å². The van der Waals surface area contributed by atoms with Crippen molar-refractivity contribution in [1.29, 1.82) is 0 Å². The molecule has 3 nitrogen and oxygen atoms in total. The molecule has 0 saturated carbocycles. The molecular weight excluding hydrogens is 198 g/mol. The minimum atomic E-state index is 0.501. The Morgan fingerprint density at radius 3 is 3.07 bits per heavy atom. The summed E-state index contributed by atoms with van der Waals surface area (Å²) in [6, 6.07) is 0.501. The van der Waals surface area contributed by atoms with Gasteiger partial charge in [0.25, 0.3) is 0 Å². The number of allylic oxidation sites excluding steroid dienone is 1. The standard InChI is InChI=1S/C10H14ClN3/c1-4-13-7(2)6-14-8(3)12-9(11)5-10(13)14/h5,7H,3-4,6H2,1-2H3/t7-/m0/s1. The lowest BCUT2D eigenvalue weighted by Gasteiger charge is -2.26. The fourth-order valence-electron chi connectivity index (χ4n) is 2.03. The predicted molar refractivity (Wildman–Crippen MR) is 59.1 cm³/mol. The van der Waals surface area contributed by atoms with Crippen LogP contribution in [0.15, 0.2) is 29.3 Å². The normalized spacial score (nSPS) is 26.2. The molecule has 0 amide bonds. The molecule has 2 aliphatic rings. The maximum atomic E-state index is 5.91. The van der Waals surface area contributed by atoms with Crippen LogP contribution in [0.3, 0.4) is 0 Å². The van der Waals surface area contributed by atoms with Crippen molar-refractivity contribution in [2.75, 3.05) is 13.1 Å². The largest absolute Gasteiger partial charge is 0.354 e. The van der Waals surface area contributed by atoms with E-state index in [4.69, 9.17) is 11.6 Å². The van der Waals surface area contributed by atoms with Crippen LogP contribution in [0.5, 0.6) is 0 Å². The third kappa shape index (κ3) is 1.32. The van der Waals surface area contributed by atoms with Crippen LogP contribution in [0.2, 0.25) is 0 Å². The van der Waals surface area contributed by atoms with Gasteiger partial charge in [-0.2, -0.15) is 0 Å². The minimum absolute atomic E-state index is 0.501. The van der Waals surface area contributed by atoms with E-state index < -0.39 is 0 Å². The molecule has 76 valence electrons. The highest BCUT2D eigenvalue weighted by atomic mass is 35.5. The van der Waals surface area contributed by atoms with Crippen LogP contribution in [-0.4, -0.2) is 34.1 Å². The third-order valence-electron chi connectivity index (χ3n) is 2.69. The molecule has 0 unspecified atom stereocenters. The smallest absolute Gasteiger partial charge is 0.135 e. The van der Waals surface area contributed by atoms with Crippen molar-refractivity contribution >= 4 is 16.8 Å². The van der Waals surface area contributed by atoms with Gasteiger partial charge < -0.3 is 9.80 Å². The summed E-state index contributed by atoms with van der Waals surface area (Å²) >= 11 is 5.91. The van der Waals surface area contributed by atoms with Crippen LogP contribution in [0.25, 0.3) is 0 Å². The molecule has 1 saturated heterocycles. The van der Waals surface area contributed by atoms with Crippen LogP contribution in [0.4, 0.5) is 0 Å². The predicted octanol–water partition coefficient (Wildman–Crippen LogP) is 1.98. The molecule has 2 heterocycles.